The van der Waals surface area contributed by atoms with Crippen LogP contribution in [-0.2, 0) is 15.9 Å². The summed E-state index contributed by atoms with van der Waals surface area (Å²) in [6.07, 6.45) is 1.42. The highest BCUT2D eigenvalue weighted by Gasteiger charge is 2.17. The SMILES string of the molecule is CCOC(OCC)C(N)CCc1ccc(OC)cc1. The first-order chi connectivity index (χ1) is 9.21. The van der Waals surface area contributed by atoms with Crippen molar-refractivity contribution in [3.05, 3.63) is 29.8 Å². The van der Waals surface area contributed by atoms with E-state index in [4.69, 9.17) is 19.9 Å². The van der Waals surface area contributed by atoms with Gasteiger partial charge in [0.2, 0.25) is 0 Å². The summed E-state index contributed by atoms with van der Waals surface area (Å²) in [6.45, 7) is 5.12. The zero-order valence-electron chi connectivity index (χ0n) is 12.1. The number of rotatable bonds is 9. The summed E-state index contributed by atoms with van der Waals surface area (Å²) in [7, 11) is 1.67. The van der Waals surface area contributed by atoms with E-state index in [9.17, 15) is 0 Å². The van der Waals surface area contributed by atoms with Gasteiger partial charge in [0.15, 0.2) is 6.29 Å². The Morgan fingerprint density at radius 3 is 2.11 bits per heavy atom. The van der Waals surface area contributed by atoms with Crippen LogP contribution in [-0.4, -0.2) is 32.7 Å². The van der Waals surface area contributed by atoms with Crippen LogP contribution in [0.5, 0.6) is 5.75 Å². The van der Waals surface area contributed by atoms with Crippen LogP contribution in [0.25, 0.3) is 0 Å². The highest BCUT2D eigenvalue weighted by Crippen LogP contribution is 2.14. The van der Waals surface area contributed by atoms with Gasteiger partial charge in [-0.25, -0.2) is 0 Å². The van der Waals surface area contributed by atoms with Crippen molar-refractivity contribution in [2.45, 2.75) is 39.0 Å². The third-order valence-electron chi connectivity index (χ3n) is 2.94. The molecule has 0 bridgehead atoms. The van der Waals surface area contributed by atoms with E-state index < -0.39 is 0 Å². The van der Waals surface area contributed by atoms with Crippen molar-refractivity contribution in [1.29, 1.82) is 0 Å². The van der Waals surface area contributed by atoms with Gasteiger partial charge in [0, 0.05) is 13.2 Å². The molecule has 1 aromatic carbocycles. The van der Waals surface area contributed by atoms with Crippen molar-refractivity contribution < 1.29 is 14.2 Å². The molecule has 0 aliphatic heterocycles. The molecule has 4 nitrogen and oxygen atoms in total. The molecule has 0 fully saturated rings. The van der Waals surface area contributed by atoms with Gasteiger partial charge in [0.1, 0.15) is 5.75 Å². The van der Waals surface area contributed by atoms with Gasteiger partial charge >= 0.3 is 0 Å². The van der Waals surface area contributed by atoms with Gasteiger partial charge in [-0.2, -0.15) is 0 Å². The molecule has 1 rings (SSSR count). The number of benzene rings is 1. The van der Waals surface area contributed by atoms with Crippen LogP contribution < -0.4 is 10.5 Å². The molecule has 4 heteroatoms. The minimum absolute atomic E-state index is 0.109. The molecule has 1 unspecified atom stereocenters. The Bertz CT molecular complexity index is 334. The first kappa shape index (κ1) is 16.0. The Kier molecular flexibility index (Phi) is 7.48. The third-order valence-corrected chi connectivity index (χ3v) is 2.94. The van der Waals surface area contributed by atoms with E-state index in [0.717, 1.165) is 18.6 Å². The lowest BCUT2D eigenvalue weighted by atomic mass is 10.1. The molecule has 2 N–H and O–H groups in total. The average molecular weight is 267 g/mol. The van der Waals surface area contributed by atoms with Crippen LogP contribution in [0.2, 0.25) is 0 Å². The molecule has 19 heavy (non-hydrogen) atoms. The summed E-state index contributed by atoms with van der Waals surface area (Å²) in [5, 5.41) is 0. The van der Waals surface area contributed by atoms with Crippen LogP contribution in [0, 0.1) is 0 Å². The highest BCUT2D eigenvalue weighted by atomic mass is 16.7. The predicted molar refractivity (Wildman–Crippen MR) is 76.3 cm³/mol. The standard InChI is InChI=1S/C15H25NO3/c1-4-18-15(19-5-2)14(16)11-8-12-6-9-13(17-3)10-7-12/h6-7,9-10,14-15H,4-5,8,11,16H2,1-3H3. The Labute approximate surface area is 115 Å². The minimum Gasteiger partial charge on any atom is -0.497 e. The summed E-state index contributed by atoms with van der Waals surface area (Å²) in [4.78, 5) is 0. The van der Waals surface area contributed by atoms with Crippen molar-refractivity contribution in [3.8, 4) is 5.75 Å². The normalized spacial score (nSPS) is 12.7. The molecular weight excluding hydrogens is 242 g/mol. The van der Waals surface area contributed by atoms with Gasteiger partial charge in [-0.3, -0.25) is 0 Å². The highest BCUT2D eigenvalue weighted by molar-refractivity contribution is 5.27. The van der Waals surface area contributed by atoms with Gasteiger partial charge in [0.25, 0.3) is 0 Å². The molecule has 0 saturated heterocycles. The maximum atomic E-state index is 6.12. The molecule has 0 radical (unpaired) electrons. The van der Waals surface area contributed by atoms with Gasteiger partial charge < -0.3 is 19.9 Å². The van der Waals surface area contributed by atoms with Crippen molar-refractivity contribution in [2.75, 3.05) is 20.3 Å². The number of aryl methyl sites for hydroxylation is 1. The lowest BCUT2D eigenvalue weighted by Gasteiger charge is -2.23. The lowest BCUT2D eigenvalue weighted by molar-refractivity contribution is -0.149. The topological polar surface area (TPSA) is 53.7 Å². The maximum absolute atomic E-state index is 6.12. The Hall–Kier alpha value is -1.10. The first-order valence-corrected chi connectivity index (χ1v) is 6.83. The number of nitrogens with two attached hydrogens (primary N) is 1. The monoisotopic (exact) mass is 267 g/mol. The van der Waals surface area contributed by atoms with Gasteiger partial charge in [-0.1, -0.05) is 12.1 Å². The molecule has 0 heterocycles. The summed E-state index contributed by atoms with van der Waals surface area (Å²) in [5.74, 6) is 0.870. The summed E-state index contributed by atoms with van der Waals surface area (Å²) in [5.41, 5.74) is 7.36. The van der Waals surface area contributed by atoms with E-state index in [1.807, 2.05) is 26.0 Å². The third kappa shape index (κ3) is 5.59. The predicted octanol–water partition coefficient (Wildman–Crippen LogP) is 2.35. The minimum atomic E-state index is -0.312. The molecule has 0 aliphatic rings. The maximum Gasteiger partial charge on any atom is 0.172 e. The first-order valence-electron chi connectivity index (χ1n) is 6.83. The Balaban J connectivity index is 2.44. The fourth-order valence-corrected chi connectivity index (χ4v) is 1.89. The second-order valence-corrected chi connectivity index (χ2v) is 4.33. The smallest absolute Gasteiger partial charge is 0.172 e. The van der Waals surface area contributed by atoms with E-state index in [1.54, 1.807) is 7.11 Å². The fraction of sp³-hybridized carbons (Fsp3) is 0.600. The van der Waals surface area contributed by atoms with Crippen LogP contribution >= 0.6 is 0 Å². The molecule has 1 atom stereocenters. The van der Waals surface area contributed by atoms with Crippen LogP contribution in [0.1, 0.15) is 25.8 Å². The fourth-order valence-electron chi connectivity index (χ4n) is 1.89. The molecule has 0 aliphatic carbocycles. The van der Waals surface area contributed by atoms with E-state index in [1.165, 1.54) is 5.56 Å². The molecule has 1 aromatic rings. The number of hydrogen-bond donors (Lipinski definition) is 1. The second kappa shape index (κ2) is 8.91. The summed E-state index contributed by atoms with van der Waals surface area (Å²) >= 11 is 0. The van der Waals surface area contributed by atoms with Gasteiger partial charge in [0.05, 0.1) is 13.2 Å². The molecule has 0 saturated carbocycles. The molecule has 0 aromatic heterocycles. The van der Waals surface area contributed by atoms with Crippen molar-refractivity contribution in [3.63, 3.8) is 0 Å². The van der Waals surface area contributed by atoms with Crippen molar-refractivity contribution in [1.82, 2.24) is 0 Å². The van der Waals surface area contributed by atoms with Crippen molar-refractivity contribution >= 4 is 0 Å². The van der Waals surface area contributed by atoms with Crippen LogP contribution in [0.15, 0.2) is 24.3 Å². The number of hydrogen-bond acceptors (Lipinski definition) is 4. The summed E-state index contributed by atoms with van der Waals surface area (Å²) in [6, 6.07) is 7.93. The van der Waals surface area contributed by atoms with Gasteiger partial charge in [-0.05, 0) is 44.4 Å². The summed E-state index contributed by atoms with van der Waals surface area (Å²) < 4.78 is 16.1. The quantitative estimate of drug-likeness (QED) is 0.698. The van der Waals surface area contributed by atoms with E-state index in [0.29, 0.717) is 13.2 Å². The van der Waals surface area contributed by atoms with Crippen LogP contribution in [0.3, 0.4) is 0 Å². The zero-order chi connectivity index (χ0) is 14.1. The number of ether oxygens (including phenoxy) is 3. The molecule has 108 valence electrons. The van der Waals surface area contributed by atoms with Crippen LogP contribution in [0.4, 0.5) is 0 Å². The van der Waals surface area contributed by atoms with Gasteiger partial charge in [-0.15, -0.1) is 0 Å². The molecule has 0 amide bonds. The average Bonchev–Trinajstić information content (AvgIpc) is 2.45. The van der Waals surface area contributed by atoms with E-state index in [2.05, 4.69) is 12.1 Å². The molecular formula is C15H25NO3. The second-order valence-electron chi connectivity index (χ2n) is 4.33. The van der Waals surface area contributed by atoms with E-state index in [-0.39, 0.29) is 12.3 Å². The Morgan fingerprint density at radius 2 is 1.63 bits per heavy atom. The van der Waals surface area contributed by atoms with Crippen molar-refractivity contribution in [2.24, 2.45) is 5.73 Å². The Morgan fingerprint density at radius 1 is 1.05 bits per heavy atom. The number of methoxy groups -OCH3 is 1. The largest absolute Gasteiger partial charge is 0.497 e. The lowest BCUT2D eigenvalue weighted by Crippen LogP contribution is -2.39. The molecule has 0 spiro atoms. The van der Waals surface area contributed by atoms with E-state index >= 15 is 0 Å². The zero-order valence-corrected chi connectivity index (χ0v) is 12.1.